The van der Waals surface area contributed by atoms with Crippen LogP contribution in [0.2, 0.25) is 0 Å². The maximum atomic E-state index is 12.1. The lowest BCUT2D eigenvalue weighted by Gasteiger charge is -2.20. The van der Waals surface area contributed by atoms with Crippen LogP contribution in [-0.2, 0) is 0 Å². The van der Waals surface area contributed by atoms with E-state index < -0.39 is 0 Å². The van der Waals surface area contributed by atoms with Gasteiger partial charge >= 0.3 is 0 Å². The number of hydrogen-bond donors (Lipinski definition) is 1. The third-order valence-electron chi connectivity index (χ3n) is 2.77. The Balaban J connectivity index is 2.12. The predicted molar refractivity (Wildman–Crippen MR) is 66.7 cm³/mol. The third kappa shape index (κ3) is 2.49. The van der Waals surface area contributed by atoms with E-state index in [2.05, 4.69) is 21.2 Å². The Morgan fingerprint density at radius 2 is 2.47 bits per heavy atom. The maximum Gasteiger partial charge on any atom is 0.177 e. The van der Waals surface area contributed by atoms with Crippen molar-refractivity contribution in [2.24, 2.45) is 5.92 Å². The average molecular weight is 288 g/mol. The molecule has 1 aliphatic heterocycles. The Labute approximate surface area is 102 Å². The number of ketones is 1. The summed E-state index contributed by atoms with van der Waals surface area (Å²) >= 11 is 5.01. The van der Waals surface area contributed by atoms with Crippen LogP contribution in [0.15, 0.2) is 9.85 Å². The molecule has 0 spiro atoms. The van der Waals surface area contributed by atoms with Gasteiger partial charge in [0.25, 0.3) is 0 Å². The van der Waals surface area contributed by atoms with E-state index in [-0.39, 0.29) is 5.92 Å². The molecule has 1 aliphatic rings. The second kappa shape index (κ2) is 4.76. The lowest BCUT2D eigenvalue weighted by molar-refractivity contribution is 0.0904. The van der Waals surface area contributed by atoms with Gasteiger partial charge in [0.05, 0.1) is 8.66 Å². The van der Waals surface area contributed by atoms with E-state index in [0.29, 0.717) is 5.78 Å². The van der Waals surface area contributed by atoms with Gasteiger partial charge < -0.3 is 5.32 Å². The Morgan fingerprint density at radius 1 is 1.67 bits per heavy atom. The molecule has 1 fully saturated rings. The molecule has 0 aliphatic carbocycles. The zero-order valence-corrected chi connectivity index (χ0v) is 11.1. The summed E-state index contributed by atoms with van der Waals surface area (Å²) in [4.78, 5) is 13.0. The fraction of sp³-hybridized carbons (Fsp3) is 0.545. The second-order valence-electron chi connectivity index (χ2n) is 3.97. The monoisotopic (exact) mass is 287 g/mol. The zero-order chi connectivity index (χ0) is 10.8. The van der Waals surface area contributed by atoms with Crippen molar-refractivity contribution in [2.45, 2.75) is 19.8 Å². The van der Waals surface area contributed by atoms with Crippen LogP contribution in [0.25, 0.3) is 0 Å². The van der Waals surface area contributed by atoms with Crippen LogP contribution in [0.5, 0.6) is 0 Å². The molecule has 2 heterocycles. The highest BCUT2D eigenvalue weighted by Gasteiger charge is 2.23. The molecule has 0 radical (unpaired) electrons. The molecule has 82 valence electrons. The van der Waals surface area contributed by atoms with Gasteiger partial charge in [0.1, 0.15) is 0 Å². The predicted octanol–water partition coefficient (Wildman–Crippen LogP) is 3.00. The first-order valence-corrected chi connectivity index (χ1v) is 6.80. The second-order valence-corrected chi connectivity index (χ2v) is 6.34. The van der Waals surface area contributed by atoms with Crippen molar-refractivity contribution in [1.82, 2.24) is 5.32 Å². The molecule has 1 atom stereocenters. The summed E-state index contributed by atoms with van der Waals surface area (Å²) in [5, 5.41) is 3.28. The highest BCUT2D eigenvalue weighted by atomic mass is 79.9. The van der Waals surface area contributed by atoms with Crippen LogP contribution < -0.4 is 5.32 Å². The number of thiophene rings is 1. The molecule has 2 rings (SSSR count). The third-order valence-corrected chi connectivity index (χ3v) is 4.92. The van der Waals surface area contributed by atoms with E-state index in [1.807, 2.05) is 13.0 Å². The Morgan fingerprint density at radius 3 is 3.00 bits per heavy atom. The quantitative estimate of drug-likeness (QED) is 0.848. The minimum Gasteiger partial charge on any atom is -0.316 e. The molecular formula is C11H14BrNOS. The van der Waals surface area contributed by atoms with Crippen molar-refractivity contribution >= 4 is 33.0 Å². The lowest BCUT2D eigenvalue weighted by atomic mass is 9.94. The van der Waals surface area contributed by atoms with Crippen molar-refractivity contribution < 1.29 is 4.79 Å². The highest BCUT2D eigenvalue weighted by molar-refractivity contribution is 9.11. The largest absolute Gasteiger partial charge is 0.316 e. The number of halogens is 1. The van der Waals surface area contributed by atoms with E-state index in [0.717, 1.165) is 40.2 Å². The number of Topliss-reactive ketones (excluding diaryl/α,β-unsaturated/α-hetero) is 1. The Kier molecular flexibility index (Phi) is 3.59. The summed E-state index contributed by atoms with van der Waals surface area (Å²) < 4.78 is 1.08. The molecule has 4 heteroatoms. The van der Waals surface area contributed by atoms with E-state index in [4.69, 9.17) is 0 Å². The smallest absolute Gasteiger partial charge is 0.177 e. The normalized spacial score (nSPS) is 21.6. The molecule has 0 amide bonds. The fourth-order valence-electron chi connectivity index (χ4n) is 1.86. The summed E-state index contributed by atoms with van der Waals surface area (Å²) in [6.07, 6.45) is 2.14. The van der Waals surface area contributed by atoms with E-state index in [1.54, 1.807) is 11.3 Å². The van der Waals surface area contributed by atoms with Crippen LogP contribution in [0, 0.1) is 12.8 Å². The molecule has 2 nitrogen and oxygen atoms in total. The SMILES string of the molecule is Cc1cc(C(=O)C2CCCNC2)sc1Br. The van der Waals surface area contributed by atoms with E-state index in [9.17, 15) is 4.79 Å². The van der Waals surface area contributed by atoms with E-state index >= 15 is 0 Å². The molecule has 1 aromatic heterocycles. The summed E-state index contributed by atoms with van der Waals surface area (Å²) in [6, 6.07) is 1.99. The molecule has 1 aromatic rings. The Bertz CT molecular complexity index is 349. The molecule has 1 unspecified atom stereocenters. The number of piperidine rings is 1. The van der Waals surface area contributed by atoms with Crippen LogP contribution in [0.1, 0.15) is 28.1 Å². The first-order valence-electron chi connectivity index (χ1n) is 5.19. The van der Waals surface area contributed by atoms with Gasteiger partial charge in [-0.15, -0.1) is 11.3 Å². The lowest BCUT2D eigenvalue weighted by Crippen LogP contribution is -2.34. The van der Waals surface area contributed by atoms with Crippen LogP contribution in [0.3, 0.4) is 0 Å². The minimum atomic E-state index is 0.184. The van der Waals surface area contributed by atoms with Crippen LogP contribution in [-0.4, -0.2) is 18.9 Å². The summed E-state index contributed by atoms with van der Waals surface area (Å²) in [5.41, 5.74) is 1.16. The zero-order valence-electron chi connectivity index (χ0n) is 8.68. The molecule has 15 heavy (non-hydrogen) atoms. The van der Waals surface area contributed by atoms with Crippen LogP contribution >= 0.6 is 27.3 Å². The molecule has 0 aromatic carbocycles. The topological polar surface area (TPSA) is 29.1 Å². The van der Waals surface area contributed by atoms with Gasteiger partial charge in [-0.1, -0.05) is 0 Å². The average Bonchev–Trinajstić information content (AvgIpc) is 2.59. The van der Waals surface area contributed by atoms with Gasteiger partial charge in [-0.05, 0) is 53.9 Å². The van der Waals surface area contributed by atoms with E-state index in [1.165, 1.54) is 0 Å². The number of carbonyl (C=O) groups is 1. The molecule has 1 saturated heterocycles. The van der Waals surface area contributed by atoms with Gasteiger partial charge in [0.15, 0.2) is 5.78 Å². The maximum absolute atomic E-state index is 12.1. The summed E-state index contributed by atoms with van der Waals surface area (Å²) in [5.74, 6) is 0.490. The van der Waals surface area contributed by atoms with Gasteiger partial charge in [-0.2, -0.15) is 0 Å². The molecular weight excluding hydrogens is 274 g/mol. The first kappa shape index (κ1) is 11.3. The standard InChI is InChI=1S/C11H14BrNOS/c1-7-5-9(15-11(7)12)10(14)8-3-2-4-13-6-8/h5,8,13H,2-4,6H2,1H3. The summed E-state index contributed by atoms with van der Waals surface area (Å²) in [7, 11) is 0. The molecule has 1 N–H and O–H groups in total. The minimum absolute atomic E-state index is 0.184. The number of hydrogen-bond acceptors (Lipinski definition) is 3. The molecule has 0 saturated carbocycles. The first-order chi connectivity index (χ1) is 7.18. The number of aryl methyl sites for hydroxylation is 1. The molecule has 0 bridgehead atoms. The highest BCUT2D eigenvalue weighted by Crippen LogP contribution is 2.30. The number of nitrogens with one attached hydrogen (secondary N) is 1. The Hall–Kier alpha value is -0.190. The van der Waals surface area contributed by atoms with Crippen molar-refractivity contribution in [3.05, 3.63) is 20.3 Å². The summed E-state index contributed by atoms with van der Waals surface area (Å²) in [6.45, 7) is 3.92. The van der Waals surface area contributed by atoms with Gasteiger partial charge in [-0.3, -0.25) is 4.79 Å². The fourth-order valence-corrected chi connectivity index (χ4v) is 3.41. The van der Waals surface area contributed by atoms with Crippen molar-refractivity contribution in [3.8, 4) is 0 Å². The number of carbonyl (C=O) groups excluding carboxylic acids is 1. The van der Waals surface area contributed by atoms with Crippen molar-refractivity contribution in [3.63, 3.8) is 0 Å². The van der Waals surface area contributed by atoms with Gasteiger partial charge in [-0.25, -0.2) is 0 Å². The van der Waals surface area contributed by atoms with Crippen molar-refractivity contribution in [1.29, 1.82) is 0 Å². The number of rotatable bonds is 2. The van der Waals surface area contributed by atoms with Gasteiger partial charge in [0, 0.05) is 12.5 Å². The van der Waals surface area contributed by atoms with Gasteiger partial charge in [0.2, 0.25) is 0 Å². The van der Waals surface area contributed by atoms with Crippen molar-refractivity contribution in [2.75, 3.05) is 13.1 Å². The van der Waals surface area contributed by atoms with Crippen LogP contribution in [0.4, 0.5) is 0 Å².